The molecule has 15 heavy (non-hydrogen) atoms. The SMILES string of the molecule is CCCCCCCC(C)NC(=O)CCC. The third kappa shape index (κ3) is 9.77. The van der Waals surface area contributed by atoms with Gasteiger partial charge in [0.25, 0.3) is 0 Å². The molecule has 0 rings (SSSR count). The lowest BCUT2D eigenvalue weighted by molar-refractivity contribution is -0.121. The minimum absolute atomic E-state index is 0.207. The van der Waals surface area contributed by atoms with Crippen LogP contribution in [-0.4, -0.2) is 11.9 Å². The summed E-state index contributed by atoms with van der Waals surface area (Å²) in [4.78, 5) is 11.3. The van der Waals surface area contributed by atoms with Crippen molar-refractivity contribution in [2.45, 2.75) is 78.2 Å². The second-order valence-corrected chi connectivity index (χ2v) is 4.42. The van der Waals surface area contributed by atoms with Gasteiger partial charge in [0.1, 0.15) is 0 Å². The van der Waals surface area contributed by atoms with Crippen LogP contribution in [0.15, 0.2) is 0 Å². The molecule has 0 aromatic heterocycles. The van der Waals surface area contributed by atoms with Crippen LogP contribution in [0.1, 0.15) is 72.1 Å². The number of nitrogens with one attached hydrogen (secondary N) is 1. The van der Waals surface area contributed by atoms with Crippen molar-refractivity contribution in [2.75, 3.05) is 0 Å². The van der Waals surface area contributed by atoms with Crippen molar-refractivity contribution in [3.05, 3.63) is 0 Å². The highest BCUT2D eigenvalue weighted by Gasteiger charge is 2.05. The standard InChI is InChI=1S/C13H27NO/c1-4-6-7-8-9-11-12(3)14-13(15)10-5-2/h12H,4-11H2,1-3H3,(H,14,15). The Hall–Kier alpha value is -0.530. The molecule has 0 radical (unpaired) electrons. The highest BCUT2D eigenvalue weighted by atomic mass is 16.1. The largest absolute Gasteiger partial charge is 0.354 e. The van der Waals surface area contributed by atoms with E-state index < -0.39 is 0 Å². The molecule has 90 valence electrons. The number of unbranched alkanes of at least 4 members (excludes halogenated alkanes) is 4. The molecular formula is C13H27NO. The van der Waals surface area contributed by atoms with Crippen LogP contribution < -0.4 is 5.32 Å². The van der Waals surface area contributed by atoms with E-state index in [1.165, 1.54) is 32.1 Å². The number of hydrogen-bond donors (Lipinski definition) is 1. The minimum atomic E-state index is 0.207. The highest BCUT2D eigenvalue weighted by molar-refractivity contribution is 5.76. The van der Waals surface area contributed by atoms with Crippen LogP contribution in [0.3, 0.4) is 0 Å². The normalized spacial score (nSPS) is 12.5. The molecule has 1 unspecified atom stereocenters. The van der Waals surface area contributed by atoms with Crippen LogP contribution in [0.5, 0.6) is 0 Å². The summed E-state index contributed by atoms with van der Waals surface area (Å²) in [5, 5.41) is 3.03. The van der Waals surface area contributed by atoms with E-state index in [1.807, 2.05) is 6.92 Å². The molecule has 0 saturated carbocycles. The highest BCUT2D eigenvalue weighted by Crippen LogP contribution is 2.07. The molecule has 1 amide bonds. The fraction of sp³-hybridized carbons (Fsp3) is 0.923. The molecule has 0 heterocycles. The first-order valence-electron chi connectivity index (χ1n) is 6.50. The second kappa shape index (κ2) is 10.0. The van der Waals surface area contributed by atoms with E-state index in [9.17, 15) is 4.79 Å². The quantitative estimate of drug-likeness (QED) is 0.582. The van der Waals surface area contributed by atoms with E-state index in [2.05, 4.69) is 19.2 Å². The van der Waals surface area contributed by atoms with E-state index in [0.29, 0.717) is 12.5 Å². The first kappa shape index (κ1) is 14.5. The summed E-state index contributed by atoms with van der Waals surface area (Å²) < 4.78 is 0. The zero-order valence-electron chi connectivity index (χ0n) is 10.6. The van der Waals surface area contributed by atoms with Gasteiger partial charge in [-0.15, -0.1) is 0 Å². The predicted molar refractivity (Wildman–Crippen MR) is 65.9 cm³/mol. The molecule has 0 spiro atoms. The number of carbonyl (C=O) groups is 1. The summed E-state index contributed by atoms with van der Waals surface area (Å²) in [5.41, 5.74) is 0. The van der Waals surface area contributed by atoms with Crippen molar-refractivity contribution in [1.82, 2.24) is 5.32 Å². The maximum absolute atomic E-state index is 11.3. The summed E-state index contributed by atoms with van der Waals surface area (Å²) in [7, 11) is 0. The zero-order chi connectivity index (χ0) is 11.5. The Morgan fingerprint density at radius 3 is 2.33 bits per heavy atom. The molecular weight excluding hydrogens is 186 g/mol. The average molecular weight is 213 g/mol. The summed E-state index contributed by atoms with van der Waals surface area (Å²) in [5.74, 6) is 0.207. The molecule has 0 aliphatic carbocycles. The van der Waals surface area contributed by atoms with Crippen LogP contribution in [0, 0.1) is 0 Å². The Balaban J connectivity index is 3.32. The monoisotopic (exact) mass is 213 g/mol. The first-order valence-corrected chi connectivity index (χ1v) is 6.50. The van der Waals surface area contributed by atoms with Crippen LogP contribution >= 0.6 is 0 Å². The Bertz CT molecular complexity index is 157. The predicted octanol–water partition coefficient (Wildman–Crippen LogP) is 3.65. The van der Waals surface area contributed by atoms with Crippen LogP contribution in [0.25, 0.3) is 0 Å². The lowest BCUT2D eigenvalue weighted by Crippen LogP contribution is -2.32. The Labute approximate surface area is 94.8 Å². The molecule has 1 atom stereocenters. The van der Waals surface area contributed by atoms with Crippen molar-refractivity contribution in [3.8, 4) is 0 Å². The smallest absolute Gasteiger partial charge is 0.220 e. The van der Waals surface area contributed by atoms with Gasteiger partial charge in [-0.2, -0.15) is 0 Å². The van der Waals surface area contributed by atoms with Gasteiger partial charge in [-0.25, -0.2) is 0 Å². The Morgan fingerprint density at radius 2 is 1.73 bits per heavy atom. The van der Waals surface area contributed by atoms with Crippen molar-refractivity contribution in [1.29, 1.82) is 0 Å². The Kier molecular flexibility index (Phi) is 9.65. The molecule has 1 N–H and O–H groups in total. The lowest BCUT2D eigenvalue weighted by Gasteiger charge is -2.13. The molecule has 0 saturated heterocycles. The van der Waals surface area contributed by atoms with E-state index in [1.54, 1.807) is 0 Å². The number of amides is 1. The summed E-state index contributed by atoms with van der Waals surface area (Å²) in [6.07, 6.45) is 9.26. The third-order valence-corrected chi connectivity index (χ3v) is 2.63. The van der Waals surface area contributed by atoms with E-state index >= 15 is 0 Å². The van der Waals surface area contributed by atoms with Crippen LogP contribution in [0.4, 0.5) is 0 Å². The molecule has 0 aromatic rings. The zero-order valence-corrected chi connectivity index (χ0v) is 10.6. The maximum atomic E-state index is 11.3. The summed E-state index contributed by atoms with van der Waals surface area (Å²) in [6.45, 7) is 6.37. The van der Waals surface area contributed by atoms with E-state index in [0.717, 1.165) is 12.8 Å². The van der Waals surface area contributed by atoms with Gasteiger partial charge < -0.3 is 5.32 Å². The molecule has 0 aliphatic heterocycles. The average Bonchev–Trinajstić information content (AvgIpc) is 2.17. The third-order valence-electron chi connectivity index (χ3n) is 2.63. The van der Waals surface area contributed by atoms with Gasteiger partial charge in [0.05, 0.1) is 0 Å². The number of carbonyl (C=O) groups excluding carboxylic acids is 1. The van der Waals surface area contributed by atoms with Gasteiger partial charge in [0, 0.05) is 12.5 Å². The van der Waals surface area contributed by atoms with Crippen molar-refractivity contribution in [3.63, 3.8) is 0 Å². The van der Waals surface area contributed by atoms with Gasteiger partial charge >= 0.3 is 0 Å². The Morgan fingerprint density at radius 1 is 1.07 bits per heavy atom. The van der Waals surface area contributed by atoms with Gasteiger partial charge in [0.2, 0.25) is 5.91 Å². The molecule has 0 aliphatic rings. The molecule has 2 nitrogen and oxygen atoms in total. The van der Waals surface area contributed by atoms with Gasteiger partial charge in [-0.3, -0.25) is 4.79 Å². The van der Waals surface area contributed by atoms with Gasteiger partial charge in [0.15, 0.2) is 0 Å². The van der Waals surface area contributed by atoms with Crippen LogP contribution in [0.2, 0.25) is 0 Å². The fourth-order valence-electron chi connectivity index (χ4n) is 1.70. The van der Waals surface area contributed by atoms with Crippen molar-refractivity contribution >= 4 is 5.91 Å². The van der Waals surface area contributed by atoms with Crippen molar-refractivity contribution < 1.29 is 4.79 Å². The fourth-order valence-corrected chi connectivity index (χ4v) is 1.70. The summed E-state index contributed by atoms with van der Waals surface area (Å²) in [6, 6.07) is 0.352. The molecule has 0 aromatic carbocycles. The first-order chi connectivity index (χ1) is 7.20. The lowest BCUT2D eigenvalue weighted by atomic mass is 10.1. The molecule has 0 fully saturated rings. The molecule has 2 heteroatoms. The maximum Gasteiger partial charge on any atom is 0.220 e. The van der Waals surface area contributed by atoms with Crippen LogP contribution in [-0.2, 0) is 4.79 Å². The van der Waals surface area contributed by atoms with E-state index in [-0.39, 0.29) is 5.91 Å². The summed E-state index contributed by atoms with van der Waals surface area (Å²) >= 11 is 0. The van der Waals surface area contributed by atoms with Gasteiger partial charge in [-0.1, -0.05) is 46.0 Å². The number of rotatable bonds is 9. The minimum Gasteiger partial charge on any atom is -0.354 e. The number of hydrogen-bond acceptors (Lipinski definition) is 1. The second-order valence-electron chi connectivity index (χ2n) is 4.42. The molecule has 0 bridgehead atoms. The van der Waals surface area contributed by atoms with Gasteiger partial charge in [-0.05, 0) is 19.8 Å². The van der Waals surface area contributed by atoms with Crippen molar-refractivity contribution in [2.24, 2.45) is 0 Å². The topological polar surface area (TPSA) is 29.1 Å². The van der Waals surface area contributed by atoms with E-state index in [4.69, 9.17) is 0 Å².